The maximum Gasteiger partial charge on any atom is 0.325 e. The number of primary amides is 1. The van der Waals surface area contributed by atoms with Crippen molar-refractivity contribution < 1.29 is 28.3 Å². The number of carbonyl (C=O) groups excluding carboxylic acids is 2. The zero-order valence-corrected chi connectivity index (χ0v) is 11.4. The van der Waals surface area contributed by atoms with Gasteiger partial charge in [0.15, 0.2) is 12.0 Å². The summed E-state index contributed by atoms with van der Waals surface area (Å²) in [4.78, 5) is 35.2. The summed E-state index contributed by atoms with van der Waals surface area (Å²) in [6.45, 7) is 0.692. The van der Waals surface area contributed by atoms with E-state index in [0.717, 1.165) is 6.66 Å². The number of rotatable bonds is 5. The van der Waals surface area contributed by atoms with E-state index in [1.165, 1.54) is 11.0 Å². The van der Waals surface area contributed by atoms with Gasteiger partial charge in [-0.3, -0.25) is 14.2 Å². The second-order valence-electron chi connectivity index (χ2n) is 4.26. The molecule has 3 N–H and O–H groups in total. The Morgan fingerprint density at radius 2 is 2.45 bits per heavy atom. The Hall–Kier alpha value is -1.61. The van der Waals surface area contributed by atoms with Gasteiger partial charge in [0.1, 0.15) is 12.4 Å². The lowest BCUT2D eigenvalue weighted by molar-refractivity contribution is -0.124. The number of carbonyl (C=O) groups is 2. The molecule has 0 aliphatic carbocycles. The Labute approximate surface area is 113 Å². The van der Waals surface area contributed by atoms with Crippen molar-refractivity contribution in [2.24, 2.45) is 5.73 Å². The van der Waals surface area contributed by atoms with Crippen LogP contribution in [0.5, 0.6) is 0 Å². The molecule has 1 fully saturated rings. The second kappa shape index (κ2) is 5.41. The number of hydrogen-bond donors (Lipinski definition) is 2. The first-order valence-corrected chi connectivity index (χ1v) is 7.62. The van der Waals surface area contributed by atoms with Crippen LogP contribution >= 0.6 is 7.60 Å². The van der Waals surface area contributed by atoms with Crippen LogP contribution in [0.1, 0.15) is 23.3 Å². The van der Waals surface area contributed by atoms with Crippen molar-refractivity contribution in [3.05, 3.63) is 12.2 Å². The number of aromatic nitrogens is 3. The first kappa shape index (κ1) is 14.8. The second-order valence-corrected chi connectivity index (χ2v) is 6.13. The van der Waals surface area contributed by atoms with Crippen LogP contribution in [0, 0.1) is 0 Å². The van der Waals surface area contributed by atoms with Crippen molar-refractivity contribution in [3.8, 4) is 0 Å². The lowest BCUT2D eigenvalue weighted by atomic mass is 10.2. The van der Waals surface area contributed by atoms with Crippen LogP contribution in [-0.4, -0.2) is 50.7 Å². The van der Waals surface area contributed by atoms with Gasteiger partial charge in [-0.25, -0.2) is 9.67 Å². The van der Waals surface area contributed by atoms with Gasteiger partial charge in [0.05, 0.1) is 13.0 Å². The monoisotopic (exact) mass is 304 g/mol. The molecule has 110 valence electrons. The minimum absolute atomic E-state index is 0.00493. The summed E-state index contributed by atoms with van der Waals surface area (Å²) >= 11 is 0. The quantitative estimate of drug-likeness (QED) is 0.663. The Kier molecular flexibility index (Phi) is 4.00. The molecule has 1 aromatic rings. The third kappa shape index (κ3) is 3.48. The molecule has 2 rings (SSSR count). The Bertz CT molecular complexity index is 581. The number of amides is 1. The van der Waals surface area contributed by atoms with Gasteiger partial charge in [0.2, 0.25) is 5.82 Å². The van der Waals surface area contributed by atoms with Gasteiger partial charge in [0.25, 0.3) is 5.91 Å². The maximum absolute atomic E-state index is 11.7. The number of ether oxygens (including phenoxy) is 1. The summed E-state index contributed by atoms with van der Waals surface area (Å²) in [7, 11) is -3.67. The highest BCUT2D eigenvalue weighted by Crippen LogP contribution is 2.37. The van der Waals surface area contributed by atoms with E-state index in [2.05, 4.69) is 14.6 Å². The molecule has 3 atom stereocenters. The van der Waals surface area contributed by atoms with Crippen molar-refractivity contribution in [1.82, 2.24) is 14.8 Å². The van der Waals surface area contributed by atoms with Crippen LogP contribution < -0.4 is 5.73 Å². The van der Waals surface area contributed by atoms with Crippen molar-refractivity contribution in [3.63, 3.8) is 0 Å². The summed E-state index contributed by atoms with van der Waals surface area (Å²) in [6.07, 6.45) is -0.485. The number of Topliss-reactive ketones (excluding diaryl/α,β-unsaturated/α-hetero) is 1. The molecular weight excluding hydrogens is 291 g/mol. The summed E-state index contributed by atoms with van der Waals surface area (Å²) in [5, 5.41) is 3.78. The molecule has 10 nitrogen and oxygen atoms in total. The summed E-state index contributed by atoms with van der Waals surface area (Å²) < 4.78 is 22.2. The highest BCUT2D eigenvalue weighted by Gasteiger charge is 2.36. The minimum Gasteiger partial charge on any atom is -0.363 e. The lowest BCUT2D eigenvalue weighted by Crippen LogP contribution is -2.22. The highest BCUT2D eigenvalue weighted by molar-refractivity contribution is 7.51. The smallest absolute Gasteiger partial charge is 0.325 e. The van der Waals surface area contributed by atoms with Crippen LogP contribution in [0.3, 0.4) is 0 Å². The maximum atomic E-state index is 11.7. The van der Waals surface area contributed by atoms with Gasteiger partial charge in [0, 0.05) is 6.66 Å². The van der Waals surface area contributed by atoms with Gasteiger partial charge in [-0.05, 0) is 0 Å². The summed E-state index contributed by atoms with van der Waals surface area (Å²) in [6, 6.07) is 0. The molecule has 1 aromatic heterocycles. The summed E-state index contributed by atoms with van der Waals surface area (Å²) in [5.41, 5.74) is 5.01. The van der Waals surface area contributed by atoms with Gasteiger partial charge in [-0.1, -0.05) is 0 Å². The topological polar surface area (TPSA) is 147 Å². The largest absolute Gasteiger partial charge is 0.363 e. The van der Waals surface area contributed by atoms with E-state index in [1.807, 2.05) is 0 Å². The van der Waals surface area contributed by atoms with Crippen LogP contribution in [0.15, 0.2) is 6.33 Å². The third-order valence-corrected chi connectivity index (χ3v) is 3.17. The molecule has 11 heteroatoms. The van der Waals surface area contributed by atoms with Crippen LogP contribution in [0.4, 0.5) is 0 Å². The molecule has 1 amide bonds. The lowest BCUT2D eigenvalue weighted by Gasteiger charge is -2.13. The molecule has 0 bridgehead atoms. The predicted molar refractivity (Wildman–Crippen MR) is 63.8 cm³/mol. The average molecular weight is 304 g/mol. The number of hydrogen-bond acceptors (Lipinski definition) is 7. The van der Waals surface area contributed by atoms with E-state index in [9.17, 15) is 14.2 Å². The fourth-order valence-corrected chi connectivity index (χ4v) is 2.05. The molecule has 1 saturated heterocycles. The standard InChI is InChI=1S/C9H13N4O6P/c1-20(16,17)18-3-6-5(14)2-7(19-6)13-4-11-9(12-13)8(10)15/h4,6-7H,2-3H2,1H3,(H2,10,15)(H,16,17)/t6-,7-/m1/s1. The Balaban J connectivity index is 2.00. The molecule has 0 aromatic carbocycles. The van der Waals surface area contributed by atoms with Gasteiger partial charge in [-0.15, -0.1) is 5.10 Å². The van der Waals surface area contributed by atoms with Gasteiger partial charge in [-0.2, -0.15) is 0 Å². The van der Waals surface area contributed by atoms with Gasteiger partial charge >= 0.3 is 7.60 Å². The van der Waals surface area contributed by atoms with Gasteiger partial charge < -0.3 is 19.9 Å². The van der Waals surface area contributed by atoms with Crippen molar-refractivity contribution in [2.75, 3.05) is 13.3 Å². The van der Waals surface area contributed by atoms with E-state index in [-0.39, 0.29) is 24.6 Å². The molecule has 20 heavy (non-hydrogen) atoms. The molecule has 1 aliphatic heterocycles. The molecular formula is C9H13N4O6P. The molecule has 1 aliphatic rings. The van der Waals surface area contributed by atoms with Crippen LogP contribution in [-0.2, 0) is 18.6 Å². The van der Waals surface area contributed by atoms with Crippen LogP contribution in [0.25, 0.3) is 0 Å². The molecule has 0 radical (unpaired) electrons. The van der Waals surface area contributed by atoms with Crippen molar-refractivity contribution in [2.45, 2.75) is 18.8 Å². The number of nitrogens with zero attached hydrogens (tertiary/aromatic N) is 3. The van der Waals surface area contributed by atoms with E-state index >= 15 is 0 Å². The normalized spacial score (nSPS) is 25.6. The minimum atomic E-state index is -3.67. The van der Waals surface area contributed by atoms with E-state index in [4.69, 9.17) is 15.4 Å². The Morgan fingerprint density at radius 1 is 1.75 bits per heavy atom. The number of ketones is 1. The summed E-state index contributed by atoms with van der Waals surface area (Å²) in [5.74, 6) is -1.27. The van der Waals surface area contributed by atoms with E-state index in [1.54, 1.807) is 0 Å². The predicted octanol–water partition coefficient (Wildman–Crippen LogP) is -0.935. The van der Waals surface area contributed by atoms with Crippen LogP contribution in [0.2, 0.25) is 0 Å². The first-order valence-electron chi connectivity index (χ1n) is 5.60. The van der Waals surface area contributed by atoms with Crippen molar-refractivity contribution >= 4 is 19.3 Å². The van der Waals surface area contributed by atoms with E-state index < -0.39 is 25.8 Å². The van der Waals surface area contributed by atoms with E-state index in [0.29, 0.717) is 0 Å². The molecule has 1 unspecified atom stereocenters. The molecule has 2 heterocycles. The zero-order chi connectivity index (χ0) is 14.9. The molecule has 0 spiro atoms. The third-order valence-electron chi connectivity index (χ3n) is 2.55. The highest BCUT2D eigenvalue weighted by atomic mass is 31.2. The SMILES string of the molecule is CP(=O)(O)OC[C@H]1O[C@@H](n2cnc(C(N)=O)n2)CC1=O. The first-order chi connectivity index (χ1) is 9.26. The fourth-order valence-electron chi connectivity index (χ4n) is 1.64. The Morgan fingerprint density at radius 3 is 3.00 bits per heavy atom. The number of nitrogens with two attached hydrogens (primary N) is 1. The average Bonchev–Trinajstić information content (AvgIpc) is 2.91. The fraction of sp³-hybridized carbons (Fsp3) is 0.556. The van der Waals surface area contributed by atoms with Crippen molar-refractivity contribution in [1.29, 1.82) is 0 Å². The zero-order valence-electron chi connectivity index (χ0n) is 10.5. The molecule has 0 saturated carbocycles.